The second-order valence-corrected chi connectivity index (χ2v) is 12.9. The maximum atomic E-state index is 5.35. The Morgan fingerprint density at radius 3 is 1.44 bits per heavy atom. The number of ether oxygens (including phenoxy) is 2. The van der Waals surface area contributed by atoms with Gasteiger partial charge in [0.15, 0.2) is 10.1 Å². The number of hydrogen-bond acceptors (Lipinski definition) is 8. The van der Waals surface area contributed by atoms with Crippen molar-refractivity contribution in [3.05, 3.63) is 58.3 Å². The molecule has 1 aliphatic rings. The summed E-state index contributed by atoms with van der Waals surface area (Å²) < 4.78 is 10.7. The highest BCUT2D eigenvalue weighted by Gasteiger charge is 2.24. The maximum Gasteiger partial charge on any atom is 0.173 e. The van der Waals surface area contributed by atoms with E-state index in [9.17, 15) is 0 Å². The zero-order valence-electron chi connectivity index (χ0n) is 19.5. The summed E-state index contributed by atoms with van der Waals surface area (Å²) in [5.41, 5.74) is 0. The van der Waals surface area contributed by atoms with Crippen molar-refractivity contribution in [1.29, 1.82) is 0 Å². The van der Waals surface area contributed by atoms with Crippen molar-refractivity contribution in [2.45, 2.75) is 50.9 Å². The van der Waals surface area contributed by atoms with Gasteiger partial charge in [-0.05, 0) is 61.4 Å². The molecule has 8 heteroatoms. The molecule has 4 nitrogen and oxygen atoms in total. The minimum atomic E-state index is 0.516. The normalized spacial score (nSPS) is 18.3. The van der Waals surface area contributed by atoms with Gasteiger partial charge in [-0.3, -0.25) is 0 Å². The van der Waals surface area contributed by atoms with Crippen LogP contribution in [0, 0.1) is 0 Å². The second-order valence-electron chi connectivity index (χ2n) is 8.44. The first-order chi connectivity index (χ1) is 16.7. The number of thiophene rings is 4. The second kappa shape index (κ2) is 11.4. The molecular formula is C26H30N2O2S4. The number of nitrogens with one attached hydrogen (secondary N) is 2. The first-order valence-corrected chi connectivity index (χ1v) is 14.9. The molecule has 4 aromatic rings. The van der Waals surface area contributed by atoms with Gasteiger partial charge in [0.05, 0.1) is 14.2 Å². The van der Waals surface area contributed by atoms with Crippen LogP contribution < -0.4 is 20.1 Å². The van der Waals surface area contributed by atoms with Crippen LogP contribution in [0.5, 0.6) is 10.1 Å². The Kier molecular flexibility index (Phi) is 8.04. The number of methoxy groups -OCH3 is 2. The quantitative estimate of drug-likeness (QED) is 0.223. The lowest BCUT2D eigenvalue weighted by molar-refractivity contribution is 0.282. The lowest BCUT2D eigenvalue weighted by Crippen LogP contribution is -2.49. The van der Waals surface area contributed by atoms with Crippen molar-refractivity contribution >= 4 is 45.3 Å². The van der Waals surface area contributed by atoms with Gasteiger partial charge in [-0.15, -0.1) is 22.7 Å². The molecule has 1 aliphatic carbocycles. The van der Waals surface area contributed by atoms with Gasteiger partial charge in [0, 0.05) is 54.4 Å². The molecule has 0 spiro atoms. The van der Waals surface area contributed by atoms with Crippen LogP contribution in [0.3, 0.4) is 0 Å². The summed E-state index contributed by atoms with van der Waals surface area (Å²) in [5.74, 6) is 0. The van der Waals surface area contributed by atoms with Gasteiger partial charge < -0.3 is 20.1 Å². The highest BCUT2D eigenvalue weighted by molar-refractivity contribution is 7.23. The predicted octanol–water partition coefficient (Wildman–Crippen LogP) is 7.47. The van der Waals surface area contributed by atoms with Gasteiger partial charge >= 0.3 is 0 Å². The Balaban J connectivity index is 1.15. The van der Waals surface area contributed by atoms with E-state index < -0.39 is 0 Å². The molecular weight excluding hydrogens is 501 g/mol. The van der Waals surface area contributed by atoms with Crippen molar-refractivity contribution in [3.63, 3.8) is 0 Å². The molecule has 0 unspecified atom stereocenters. The molecule has 5 rings (SSSR count). The van der Waals surface area contributed by atoms with Gasteiger partial charge in [-0.1, -0.05) is 35.5 Å². The van der Waals surface area contributed by atoms with Crippen molar-refractivity contribution in [2.75, 3.05) is 14.2 Å². The first-order valence-electron chi connectivity index (χ1n) is 11.6. The molecule has 4 heterocycles. The monoisotopic (exact) mass is 530 g/mol. The van der Waals surface area contributed by atoms with Gasteiger partial charge in [0.25, 0.3) is 0 Å². The Labute approximate surface area is 217 Å². The predicted molar refractivity (Wildman–Crippen MR) is 148 cm³/mol. The Morgan fingerprint density at radius 1 is 0.618 bits per heavy atom. The Morgan fingerprint density at radius 2 is 1.03 bits per heavy atom. The van der Waals surface area contributed by atoms with Gasteiger partial charge in [0.1, 0.15) is 0 Å². The fraction of sp³-hybridized carbons (Fsp3) is 0.385. The van der Waals surface area contributed by atoms with E-state index in [1.54, 1.807) is 36.9 Å². The minimum Gasteiger partial charge on any atom is -0.487 e. The molecule has 0 amide bonds. The first kappa shape index (κ1) is 24.0. The summed E-state index contributed by atoms with van der Waals surface area (Å²) in [4.78, 5) is 7.98. The summed E-state index contributed by atoms with van der Waals surface area (Å²) >= 11 is 7.17. The third-order valence-electron chi connectivity index (χ3n) is 6.22. The van der Waals surface area contributed by atoms with Crippen molar-refractivity contribution in [2.24, 2.45) is 0 Å². The average Bonchev–Trinajstić information content (AvgIpc) is 3.68. The van der Waals surface area contributed by atoms with Crippen LogP contribution in [0.1, 0.15) is 35.4 Å². The van der Waals surface area contributed by atoms with E-state index in [-0.39, 0.29) is 0 Å². The highest BCUT2D eigenvalue weighted by Crippen LogP contribution is 2.38. The standard InChI is InChI=1S/C26H30N2O2S4/c1-29-25-13-11-23(33-25)21-9-7-17(31-21)15-27-19-5-3-4-6-20(19)28-16-18-8-10-22(32-18)24-12-14-26(30-2)34-24/h7-14,19-20,27-28H,3-6,15-16H2,1-2H3/t19-,20-/m1/s1. The molecule has 1 saturated carbocycles. The van der Waals surface area contributed by atoms with E-state index >= 15 is 0 Å². The summed E-state index contributed by atoms with van der Waals surface area (Å²) in [6.45, 7) is 1.86. The SMILES string of the molecule is COc1ccc(-c2ccc(CN[C@@H]3CCCC[C@H]3NCc3ccc(-c4ccc(OC)s4)s3)s2)s1. The van der Waals surface area contributed by atoms with Crippen LogP contribution in [0.15, 0.2) is 48.5 Å². The van der Waals surface area contributed by atoms with Crippen LogP contribution in [-0.4, -0.2) is 26.3 Å². The van der Waals surface area contributed by atoms with Gasteiger partial charge in [-0.2, -0.15) is 0 Å². The van der Waals surface area contributed by atoms with Gasteiger partial charge in [0.2, 0.25) is 0 Å². The lowest BCUT2D eigenvalue weighted by atomic mass is 9.90. The number of hydrogen-bond donors (Lipinski definition) is 2. The Hall–Kier alpha value is -1.68. The average molecular weight is 531 g/mol. The zero-order chi connectivity index (χ0) is 23.3. The van der Waals surface area contributed by atoms with Crippen LogP contribution in [0.2, 0.25) is 0 Å². The molecule has 0 aliphatic heterocycles. The zero-order valence-corrected chi connectivity index (χ0v) is 22.7. The van der Waals surface area contributed by atoms with E-state index in [0.29, 0.717) is 12.1 Å². The largest absolute Gasteiger partial charge is 0.487 e. The van der Waals surface area contributed by atoms with E-state index in [4.69, 9.17) is 9.47 Å². The molecule has 2 atom stereocenters. The smallest absolute Gasteiger partial charge is 0.173 e. The maximum absolute atomic E-state index is 5.35. The molecule has 180 valence electrons. The topological polar surface area (TPSA) is 42.5 Å². The van der Waals surface area contributed by atoms with Crippen LogP contribution in [0.4, 0.5) is 0 Å². The molecule has 34 heavy (non-hydrogen) atoms. The summed E-state index contributed by atoms with van der Waals surface area (Å²) in [7, 11) is 3.46. The summed E-state index contributed by atoms with van der Waals surface area (Å²) in [6.07, 6.45) is 5.10. The van der Waals surface area contributed by atoms with E-state index in [0.717, 1.165) is 23.2 Å². The molecule has 4 aromatic heterocycles. The van der Waals surface area contributed by atoms with E-state index in [1.165, 1.54) is 54.9 Å². The van der Waals surface area contributed by atoms with Gasteiger partial charge in [-0.25, -0.2) is 0 Å². The molecule has 0 aromatic carbocycles. The molecule has 0 bridgehead atoms. The van der Waals surface area contributed by atoms with Crippen molar-refractivity contribution < 1.29 is 9.47 Å². The van der Waals surface area contributed by atoms with Crippen molar-refractivity contribution in [3.8, 4) is 29.6 Å². The fourth-order valence-electron chi connectivity index (χ4n) is 4.42. The summed E-state index contributed by atoms with van der Waals surface area (Å²) in [6, 6.07) is 18.4. The van der Waals surface area contributed by atoms with Crippen LogP contribution in [-0.2, 0) is 13.1 Å². The molecule has 0 saturated heterocycles. The van der Waals surface area contributed by atoms with E-state index in [2.05, 4.69) is 47.0 Å². The molecule has 0 radical (unpaired) electrons. The number of rotatable bonds is 10. The van der Waals surface area contributed by atoms with Crippen molar-refractivity contribution in [1.82, 2.24) is 10.6 Å². The third kappa shape index (κ3) is 5.75. The third-order valence-corrected chi connectivity index (χ3v) is 10.9. The summed E-state index contributed by atoms with van der Waals surface area (Å²) in [5, 5.41) is 9.66. The molecule has 1 fully saturated rings. The van der Waals surface area contributed by atoms with E-state index in [1.807, 2.05) is 34.8 Å². The van der Waals surface area contributed by atoms with Crippen LogP contribution >= 0.6 is 45.3 Å². The van der Waals surface area contributed by atoms with Crippen LogP contribution in [0.25, 0.3) is 19.5 Å². The highest BCUT2D eigenvalue weighted by atomic mass is 32.1. The lowest BCUT2D eigenvalue weighted by Gasteiger charge is -2.33. The molecule has 2 N–H and O–H groups in total. The fourth-order valence-corrected chi connectivity index (χ4v) is 8.16. The Bertz CT molecular complexity index is 1100. The minimum absolute atomic E-state index is 0.516.